The molecule has 30 heavy (non-hydrogen) atoms. The zero-order valence-electron chi connectivity index (χ0n) is 18.2. The van der Waals surface area contributed by atoms with Gasteiger partial charge in [-0.1, -0.05) is 6.07 Å². The van der Waals surface area contributed by atoms with Gasteiger partial charge in [0, 0.05) is 13.7 Å². The maximum Gasteiger partial charge on any atom is 0.224 e. The van der Waals surface area contributed by atoms with Crippen molar-refractivity contribution in [2.45, 2.75) is 12.5 Å². The van der Waals surface area contributed by atoms with Crippen LogP contribution in [0.4, 0.5) is 0 Å². The molecule has 0 radical (unpaired) electrons. The van der Waals surface area contributed by atoms with E-state index in [1.807, 2.05) is 12.1 Å². The summed E-state index contributed by atoms with van der Waals surface area (Å²) in [5.74, 6) is 2.55. The standard InChI is InChI=1S/C22H29NO7/c1-25-16-8-7-15(12-17(16)26-2)20(29-5)13-23-21(24)11-14-9-18(27-3)22(30-6)19(10-14)28-4/h7-10,12,20H,11,13H2,1-6H3,(H,23,24). The van der Waals surface area contributed by atoms with Crippen molar-refractivity contribution < 1.29 is 33.2 Å². The second-order valence-electron chi connectivity index (χ2n) is 6.35. The summed E-state index contributed by atoms with van der Waals surface area (Å²) in [6, 6.07) is 9.02. The van der Waals surface area contributed by atoms with Crippen LogP contribution in [-0.2, 0) is 16.0 Å². The average Bonchev–Trinajstić information content (AvgIpc) is 2.78. The van der Waals surface area contributed by atoms with Gasteiger partial charge in [-0.15, -0.1) is 0 Å². The van der Waals surface area contributed by atoms with Crippen LogP contribution in [0, 0.1) is 0 Å². The lowest BCUT2D eigenvalue weighted by Crippen LogP contribution is -2.30. The molecular formula is C22H29NO7. The Morgan fingerprint density at radius 1 is 0.800 bits per heavy atom. The Hall–Kier alpha value is -3.13. The van der Waals surface area contributed by atoms with E-state index in [2.05, 4.69) is 5.32 Å². The predicted octanol–water partition coefficient (Wildman–Crippen LogP) is 2.78. The number of ether oxygens (including phenoxy) is 6. The first-order valence-electron chi connectivity index (χ1n) is 9.31. The summed E-state index contributed by atoms with van der Waals surface area (Å²) in [6.45, 7) is 0.301. The molecule has 0 aromatic heterocycles. The van der Waals surface area contributed by atoms with Crippen molar-refractivity contribution in [3.63, 3.8) is 0 Å². The van der Waals surface area contributed by atoms with Crippen LogP contribution in [0.2, 0.25) is 0 Å². The molecule has 0 saturated heterocycles. The van der Waals surface area contributed by atoms with Crippen molar-refractivity contribution >= 4 is 5.91 Å². The normalized spacial score (nSPS) is 11.4. The van der Waals surface area contributed by atoms with Gasteiger partial charge in [0.05, 0.1) is 48.1 Å². The Morgan fingerprint density at radius 3 is 1.90 bits per heavy atom. The van der Waals surface area contributed by atoms with Crippen LogP contribution < -0.4 is 29.0 Å². The second-order valence-corrected chi connectivity index (χ2v) is 6.35. The van der Waals surface area contributed by atoms with E-state index in [4.69, 9.17) is 28.4 Å². The van der Waals surface area contributed by atoms with Gasteiger partial charge in [-0.25, -0.2) is 0 Å². The third-order valence-corrected chi connectivity index (χ3v) is 4.64. The lowest BCUT2D eigenvalue weighted by Gasteiger charge is -2.18. The molecule has 0 saturated carbocycles. The number of nitrogens with one attached hydrogen (secondary N) is 1. The monoisotopic (exact) mass is 419 g/mol. The van der Waals surface area contributed by atoms with Crippen LogP contribution in [0.3, 0.4) is 0 Å². The summed E-state index contributed by atoms with van der Waals surface area (Å²) in [6.07, 6.45) is -0.187. The number of carbonyl (C=O) groups is 1. The fraction of sp³-hybridized carbons (Fsp3) is 0.409. The van der Waals surface area contributed by atoms with E-state index < -0.39 is 0 Å². The van der Waals surface area contributed by atoms with Gasteiger partial charge >= 0.3 is 0 Å². The molecule has 164 valence electrons. The second kappa shape index (κ2) is 11.2. The first-order chi connectivity index (χ1) is 14.5. The number of hydrogen-bond donors (Lipinski definition) is 1. The van der Waals surface area contributed by atoms with Gasteiger partial charge in [-0.2, -0.15) is 0 Å². The minimum Gasteiger partial charge on any atom is -0.493 e. The highest BCUT2D eigenvalue weighted by Crippen LogP contribution is 2.38. The molecule has 8 heteroatoms. The summed E-state index contributed by atoms with van der Waals surface area (Å²) in [7, 11) is 9.34. The van der Waals surface area contributed by atoms with E-state index in [-0.39, 0.29) is 18.4 Å². The van der Waals surface area contributed by atoms with Crippen molar-refractivity contribution in [2.75, 3.05) is 49.2 Å². The maximum absolute atomic E-state index is 12.5. The van der Waals surface area contributed by atoms with E-state index in [0.717, 1.165) is 11.1 Å². The van der Waals surface area contributed by atoms with E-state index in [1.165, 1.54) is 21.3 Å². The fourth-order valence-electron chi connectivity index (χ4n) is 3.08. The third-order valence-electron chi connectivity index (χ3n) is 4.64. The number of carbonyl (C=O) groups excluding carboxylic acids is 1. The molecule has 0 fully saturated rings. The van der Waals surface area contributed by atoms with Crippen molar-refractivity contribution in [1.82, 2.24) is 5.32 Å². The Labute approximate surface area is 177 Å². The average molecular weight is 419 g/mol. The molecule has 0 heterocycles. The van der Waals surface area contributed by atoms with Crippen molar-refractivity contribution in [2.24, 2.45) is 0 Å². The largest absolute Gasteiger partial charge is 0.493 e. The van der Waals surface area contributed by atoms with Gasteiger partial charge in [-0.3, -0.25) is 4.79 Å². The van der Waals surface area contributed by atoms with E-state index in [9.17, 15) is 4.79 Å². The predicted molar refractivity (Wildman–Crippen MR) is 112 cm³/mol. The summed E-state index contributed by atoms with van der Waals surface area (Å²) >= 11 is 0. The zero-order valence-corrected chi connectivity index (χ0v) is 18.2. The number of hydrogen-bond acceptors (Lipinski definition) is 7. The Bertz CT molecular complexity index is 828. The van der Waals surface area contributed by atoms with Crippen molar-refractivity contribution in [1.29, 1.82) is 0 Å². The third kappa shape index (κ3) is 5.48. The number of rotatable bonds is 11. The van der Waals surface area contributed by atoms with E-state index >= 15 is 0 Å². The molecule has 2 aromatic carbocycles. The minimum absolute atomic E-state index is 0.152. The van der Waals surface area contributed by atoms with Crippen LogP contribution >= 0.6 is 0 Å². The quantitative estimate of drug-likeness (QED) is 0.599. The lowest BCUT2D eigenvalue weighted by molar-refractivity contribution is -0.121. The smallest absolute Gasteiger partial charge is 0.224 e. The van der Waals surface area contributed by atoms with Gasteiger partial charge in [0.25, 0.3) is 0 Å². The Kier molecular flexibility index (Phi) is 8.61. The van der Waals surface area contributed by atoms with Gasteiger partial charge in [0.15, 0.2) is 23.0 Å². The molecule has 2 aromatic rings. The van der Waals surface area contributed by atoms with Crippen molar-refractivity contribution in [3.05, 3.63) is 41.5 Å². The van der Waals surface area contributed by atoms with Gasteiger partial charge in [0.2, 0.25) is 11.7 Å². The highest BCUT2D eigenvalue weighted by molar-refractivity contribution is 5.79. The number of methoxy groups -OCH3 is 6. The number of amides is 1. The van der Waals surface area contributed by atoms with Gasteiger partial charge in [-0.05, 0) is 35.4 Å². The molecule has 1 atom stereocenters. The first kappa shape index (κ1) is 23.2. The van der Waals surface area contributed by atoms with Crippen LogP contribution in [0.1, 0.15) is 17.2 Å². The van der Waals surface area contributed by atoms with Gasteiger partial charge < -0.3 is 33.7 Å². The molecule has 8 nitrogen and oxygen atoms in total. The molecule has 0 spiro atoms. The summed E-state index contributed by atoms with van der Waals surface area (Å²) in [4.78, 5) is 12.5. The highest BCUT2D eigenvalue weighted by Gasteiger charge is 2.17. The molecule has 0 aliphatic heterocycles. The van der Waals surface area contributed by atoms with Crippen LogP contribution in [0.25, 0.3) is 0 Å². The Morgan fingerprint density at radius 2 is 1.40 bits per heavy atom. The topological polar surface area (TPSA) is 84.5 Å². The summed E-state index contributed by atoms with van der Waals surface area (Å²) in [5, 5.41) is 2.90. The first-order valence-corrected chi connectivity index (χ1v) is 9.31. The molecule has 0 bridgehead atoms. The lowest BCUT2D eigenvalue weighted by atomic mass is 10.1. The number of benzene rings is 2. The van der Waals surface area contributed by atoms with E-state index in [0.29, 0.717) is 35.3 Å². The van der Waals surface area contributed by atoms with Crippen LogP contribution in [0.5, 0.6) is 28.7 Å². The van der Waals surface area contributed by atoms with Crippen molar-refractivity contribution in [3.8, 4) is 28.7 Å². The minimum atomic E-state index is -0.339. The highest BCUT2D eigenvalue weighted by atomic mass is 16.5. The van der Waals surface area contributed by atoms with Crippen LogP contribution in [-0.4, -0.2) is 55.1 Å². The SMILES string of the molecule is COc1ccc(C(CNC(=O)Cc2cc(OC)c(OC)c(OC)c2)OC)cc1OC. The molecular weight excluding hydrogens is 390 g/mol. The summed E-state index contributed by atoms with van der Waals surface area (Å²) in [5.41, 5.74) is 1.60. The maximum atomic E-state index is 12.5. The molecule has 1 N–H and O–H groups in total. The molecule has 0 aliphatic carbocycles. The molecule has 1 unspecified atom stereocenters. The Balaban J connectivity index is 2.07. The zero-order chi connectivity index (χ0) is 22.1. The van der Waals surface area contributed by atoms with Gasteiger partial charge in [0.1, 0.15) is 0 Å². The van der Waals surface area contributed by atoms with E-state index in [1.54, 1.807) is 39.5 Å². The molecule has 0 aliphatic rings. The van der Waals surface area contributed by atoms with Crippen LogP contribution in [0.15, 0.2) is 30.3 Å². The fourth-order valence-corrected chi connectivity index (χ4v) is 3.08. The molecule has 2 rings (SSSR count). The summed E-state index contributed by atoms with van der Waals surface area (Å²) < 4.78 is 32.1. The molecule has 1 amide bonds.